The Kier molecular flexibility index (Phi) is 4.99. The van der Waals surface area contributed by atoms with Crippen molar-refractivity contribution in [3.05, 3.63) is 66.2 Å². The number of ether oxygens (including phenoxy) is 1. The molecule has 4 heteroatoms. The zero-order valence-corrected chi connectivity index (χ0v) is 11.7. The number of hydrogen-bond acceptors (Lipinski definition) is 3. The minimum Gasteiger partial charge on any atom is -0.489 e. The summed E-state index contributed by atoms with van der Waals surface area (Å²) < 4.78 is 5.51. The Hall–Kier alpha value is -2.75. The average molecular weight is 283 g/mol. The standard InChI is InChI=1S/C17H17NO3/c1-13(11-17(19)20)12-21-16-9-7-15(8-10-16)18-14-5-3-2-4-6-14/h2-11,18H,12H2,1H3,(H,19,20). The quantitative estimate of drug-likeness (QED) is 0.791. The first-order valence-electron chi connectivity index (χ1n) is 6.58. The zero-order chi connectivity index (χ0) is 15.1. The Balaban J connectivity index is 1.92. The number of anilines is 2. The first-order chi connectivity index (χ1) is 10.1. The Morgan fingerprint density at radius 2 is 1.71 bits per heavy atom. The molecule has 2 rings (SSSR count). The number of rotatable bonds is 6. The SMILES string of the molecule is CC(=CC(=O)O)COc1ccc(Nc2ccccc2)cc1. The minimum absolute atomic E-state index is 0.262. The van der Waals surface area contributed by atoms with Gasteiger partial charge in [-0.3, -0.25) is 0 Å². The van der Waals surface area contributed by atoms with Gasteiger partial charge in [-0.05, 0) is 48.9 Å². The normalized spacial score (nSPS) is 11.0. The van der Waals surface area contributed by atoms with E-state index in [0.717, 1.165) is 17.5 Å². The molecule has 0 fully saturated rings. The van der Waals surface area contributed by atoms with E-state index in [0.29, 0.717) is 11.3 Å². The van der Waals surface area contributed by atoms with Crippen LogP contribution in [-0.2, 0) is 4.79 Å². The molecule has 0 bridgehead atoms. The van der Waals surface area contributed by atoms with Gasteiger partial charge in [0.25, 0.3) is 0 Å². The lowest BCUT2D eigenvalue weighted by Gasteiger charge is -2.09. The zero-order valence-electron chi connectivity index (χ0n) is 11.7. The number of carbonyl (C=O) groups is 1. The second-order valence-electron chi connectivity index (χ2n) is 4.63. The van der Waals surface area contributed by atoms with Crippen LogP contribution < -0.4 is 10.1 Å². The van der Waals surface area contributed by atoms with Crippen LogP contribution in [0.2, 0.25) is 0 Å². The van der Waals surface area contributed by atoms with Gasteiger partial charge in [0.1, 0.15) is 12.4 Å². The van der Waals surface area contributed by atoms with E-state index in [1.165, 1.54) is 0 Å². The van der Waals surface area contributed by atoms with Gasteiger partial charge in [0.2, 0.25) is 0 Å². The van der Waals surface area contributed by atoms with Gasteiger partial charge < -0.3 is 15.2 Å². The summed E-state index contributed by atoms with van der Waals surface area (Å²) in [5.74, 6) is -0.259. The number of hydrogen-bond donors (Lipinski definition) is 2. The van der Waals surface area contributed by atoms with Crippen LogP contribution in [0, 0.1) is 0 Å². The van der Waals surface area contributed by atoms with Crippen molar-refractivity contribution in [3.63, 3.8) is 0 Å². The molecule has 0 aliphatic carbocycles. The summed E-state index contributed by atoms with van der Waals surface area (Å²) in [5, 5.41) is 11.9. The molecule has 0 aliphatic heterocycles. The van der Waals surface area contributed by atoms with Gasteiger partial charge in [-0.2, -0.15) is 0 Å². The van der Waals surface area contributed by atoms with Crippen LogP contribution in [-0.4, -0.2) is 17.7 Å². The van der Waals surface area contributed by atoms with Gasteiger partial charge in [-0.1, -0.05) is 18.2 Å². The number of carboxylic acid groups (broad SMARTS) is 1. The molecule has 4 nitrogen and oxygen atoms in total. The molecular weight excluding hydrogens is 266 g/mol. The number of carboxylic acids is 1. The lowest BCUT2D eigenvalue weighted by Crippen LogP contribution is -2.01. The summed E-state index contributed by atoms with van der Waals surface area (Å²) in [4.78, 5) is 10.5. The molecule has 2 N–H and O–H groups in total. The molecule has 0 atom stereocenters. The molecule has 0 aromatic heterocycles. The van der Waals surface area contributed by atoms with Gasteiger partial charge in [0, 0.05) is 17.5 Å². The number of benzene rings is 2. The van der Waals surface area contributed by atoms with Crippen molar-refractivity contribution >= 4 is 17.3 Å². The van der Waals surface area contributed by atoms with Crippen LogP contribution in [0.1, 0.15) is 6.92 Å². The second-order valence-corrected chi connectivity index (χ2v) is 4.63. The third kappa shape index (κ3) is 5.03. The third-order valence-electron chi connectivity index (χ3n) is 2.75. The maximum Gasteiger partial charge on any atom is 0.328 e. The van der Waals surface area contributed by atoms with E-state index in [9.17, 15) is 4.79 Å². The predicted octanol–water partition coefficient (Wildman–Crippen LogP) is 3.84. The van der Waals surface area contributed by atoms with Gasteiger partial charge in [-0.15, -0.1) is 0 Å². The van der Waals surface area contributed by atoms with E-state index in [2.05, 4.69) is 5.32 Å². The first kappa shape index (κ1) is 14.7. The molecule has 0 aliphatic rings. The van der Waals surface area contributed by atoms with E-state index in [-0.39, 0.29) is 6.61 Å². The first-order valence-corrected chi connectivity index (χ1v) is 6.58. The fourth-order valence-corrected chi connectivity index (χ4v) is 1.77. The van der Waals surface area contributed by atoms with Crippen LogP contribution >= 0.6 is 0 Å². The topological polar surface area (TPSA) is 58.6 Å². The van der Waals surface area contributed by atoms with Crippen LogP contribution in [0.15, 0.2) is 66.2 Å². The van der Waals surface area contributed by atoms with Crippen molar-refractivity contribution < 1.29 is 14.6 Å². The predicted molar refractivity (Wildman–Crippen MR) is 83.1 cm³/mol. The Morgan fingerprint density at radius 3 is 2.33 bits per heavy atom. The summed E-state index contributed by atoms with van der Waals surface area (Å²) in [6, 6.07) is 17.4. The van der Waals surface area contributed by atoms with Gasteiger partial charge in [-0.25, -0.2) is 4.79 Å². The fraction of sp³-hybridized carbons (Fsp3) is 0.118. The van der Waals surface area contributed by atoms with Gasteiger partial charge >= 0.3 is 5.97 Å². The second kappa shape index (κ2) is 7.14. The van der Waals surface area contributed by atoms with Crippen LogP contribution in [0.3, 0.4) is 0 Å². The molecule has 0 saturated carbocycles. The highest BCUT2D eigenvalue weighted by molar-refractivity contribution is 5.80. The number of nitrogens with one attached hydrogen (secondary N) is 1. The Bertz CT molecular complexity index is 618. The minimum atomic E-state index is -0.960. The summed E-state index contributed by atoms with van der Waals surface area (Å²) >= 11 is 0. The van der Waals surface area contributed by atoms with E-state index in [4.69, 9.17) is 9.84 Å². The molecule has 2 aromatic rings. The van der Waals surface area contributed by atoms with Gasteiger partial charge in [0.05, 0.1) is 0 Å². The molecular formula is C17H17NO3. The number of para-hydroxylation sites is 1. The van der Waals surface area contributed by atoms with Crippen molar-refractivity contribution in [2.75, 3.05) is 11.9 Å². The molecule has 21 heavy (non-hydrogen) atoms. The fourth-order valence-electron chi connectivity index (χ4n) is 1.77. The third-order valence-corrected chi connectivity index (χ3v) is 2.75. The van der Waals surface area contributed by atoms with Gasteiger partial charge in [0.15, 0.2) is 0 Å². The van der Waals surface area contributed by atoms with Crippen molar-refractivity contribution in [2.24, 2.45) is 0 Å². The largest absolute Gasteiger partial charge is 0.489 e. The molecule has 0 heterocycles. The van der Waals surface area contributed by atoms with Crippen molar-refractivity contribution in [1.82, 2.24) is 0 Å². The van der Waals surface area contributed by atoms with E-state index in [1.54, 1.807) is 6.92 Å². The lowest BCUT2D eigenvalue weighted by molar-refractivity contribution is -0.131. The van der Waals surface area contributed by atoms with E-state index < -0.39 is 5.97 Å². The van der Waals surface area contributed by atoms with Crippen LogP contribution in [0.25, 0.3) is 0 Å². The van der Waals surface area contributed by atoms with Crippen LogP contribution in [0.5, 0.6) is 5.75 Å². The van der Waals surface area contributed by atoms with E-state index >= 15 is 0 Å². The Morgan fingerprint density at radius 1 is 1.10 bits per heavy atom. The van der Waals surface area contributed by atoms with Crippen molar-refractivity contribution in [1.29, 1.82) is 0 Å². The van der Waals surface area contributed by atoms with Crippen LogP contribution in [0.4, 0.5) is 11.4 Å². The highest BCUT2D eigenvalue weighted by Gasteiger charge is 1.99. The average Bonchev–Trinajstić information content (AvgIpc) is 2.47. The maximum absolute atomic E-state index is 10.5. The molecule has 0 spiro atoms. The highest BCUT2D eigenvalue weighted by Crippen LogP contribution is 2.20. The van der Waals surface area contributed by atoms with E-state index in [1.807, 2.05) is 54.6 Å². The summed E-state index contributed by atoms with van der Waals surface area (Å²) in [6.45, 7) is 1.98. The summed E-state index contributed by atoms with van der Waals surface area (Å²) in [5.41, 5.74) is 2.65. The molecule has 0 saturated heterocycles. The molecule has 108 valence electrons. The monoisotopic (exact) mass is 283 g/mol. The molecule has 0 radical (unpaired) electrons. The van der Waals surface area contributed by atoms with Crippen molar-refractivity contribution in [2.45, 2.75) is 6.92 Å². The maximum atomic E-state index is 10.5. The summed E-state index contributed by atoms with van der Waals surface area (Å²) in [7, 11) is 0. The lowest BCUT2D eigenvalue weighted by atomic mass is 10.2. The molecule has 2 aromatic carbocycles. The molecule has 0 unspecified atom stereocenters. The Labute approximate surface area is 123 Å². The number of aliphatic carboxylic acids is 1. The molecule has 0 amide bonds. The highest BCUT2D eigenvalue weighted by atomic mass is 16.5. The van der Waals surface area contributed by atoms with Crippen molar-refractivity contribution in [3.8, 4) is 5.75 Å². The smallest absolute Gasteiger partial charge is 0.328 e. The summed E-state index contributed by atoms with van der Waals surface area (Å²) in [6.07, 6.45) is 1.14.